The van der Waals surface area contributed by atoms with Crippen molar-refractivity contribution >= 4 is 11.8 Å². The molecule has 0 spiro atoms. The molecule has 152 valence electrons. The fourth-order valence-electron chi connectivity index (χ4n) is 3.36. The van der Waals surface area contributed by atoms with Gasteiger partial charge in [-0.3, -0.25) is 14.8 Å². The highest BCUT2D eigenvalue weighted by molar-refractivity contribution is 6.09. The Morgan fingerprint density at radius 1 is 1.00 bits per heavy atom. The fourth-order valence-corrected chi connectivity index (χ4v) is 3.36. The predicted octanol–water partition coefficient (Wildman–Crippen LogP) is 3.50. The molecule has 0 saturated heterocycles. The second-order valence-electron chi connectivity index (χ2n) is 6.95. The minimum atomic E-state index is -0.359. The van der Waals surface area contributed by atoms with Crippen LogP contribution in [0.15, 0.2) is 54.6 Å². The van der Waals surface area contributed by atoms with E-state index in [-0.39, 0.29) is 18.4 Å². The maximum atomic E-state index is 12.3. The molecule has 30 heavy (non-hydrogen) atoms. The zero-order valence-electron chi connectivity index (χ0n) is 16.8. The Balaban J connectivity index is 1.39. The van der Waals surface area contributed by atoms with E-state index in [0.29, 0.717) is 24.0 Å². The van der Waals surface area contributed by atoms with E-state index in [1.165, 1.54) is 0 Å². The Bertz CT molecular complexity index is 1140. The van der Waals surface area contributed by atoms with Gasteiger partial charge in [0.05, 0.1) is 23.2 Å². The number of carbonyl (C=O) groups is 1. The molecule has 0 bridgehead atoms. The van der Waals surface area contributed by atoms with Gasteiger partial charge in [-0.1, -0.05) is 18.2 Å². The molecule has 3 aromatic rings. The normalized spacial score (nSPS) is 12.8. The maximum Gasteiger partial charge on any atom is 0.471 e. The number of nitrogens with zero attached hydrogens (tertiary/aromatic N) is 3. The predicted molar refractivity (Wildman–Crippen MR) is 111 cm³/mol. The number of aliphatic hydroxyl groups is 1. The molecule has 7 heteroatoms. The van der Waals surface area contributed by atoms with Crippen molar-refractivity contribution in [3.05, 3.63) is 77.1 Å². The molecule has 0 unspecified atom stereocenters. The van der Waals surface area contributed by atoms with Gasteiger partial charge < -0.3 is 9.84 Å². The number of rotatable bonds is 7. The number of carbonyl (C=O) groups excluding carboxylic acids is 1. The van der Waals surface area contributed by atoms with Crippen LogP contribution in [-0.4, -0.2) is 45.3 Å². The fraction of sp³-hybridized carbons (Fsp3) is 0.217. The third-order valence-electron chi connectivity index (χ3n) is 4.80. The standard InChI is InChI=1S/C23H21N3O4/c1-15-13-17(29-2)14-21(24-15)20-11-5-7-16(25-20)8-6-12-30-26-22(27)18-9-3-4-10-19(18)23(26)28/h3-5,7,9-11,13-14H,6,8,12H2,1-2H3/p+1. The van der Waals surface area contributed by atoms with E-state index in [1.807, 2.05) is 37.3 Å². The number of benzene rings is 1. The van der Waals surface area contributed by atoms with Crippen LogP contribution >= 0.6 is 0 Å². The molecule has 1 aromatic carbocycles. The first-order chi connectivity index (χ1) is 14.6. The van der Waals surface area contributed by atoms with Crippen LogP contribution in [-0.2, 0) is 11.3 Å². The van der Waals surface area contributed by atoms with E-state index in [9.17, 15) is 9.90 Å². The highest BCUT2D eigenvalue weighted by Crippen LogP contribution is 2.22. The van der Waals surface area contributed by atoms with Crippen molar-refractivity contribution in [1.29, 1.82) is 0 Å². The first-order valence-electron chi connectivity index (χ1n) is 9.68. The summed E-state index contributed by atoms with van der Waals surface area (Å²) in [5.41, 5.74) is 4.19. The first-order valence-corrected chi connectivity index (χ1v) is 9.68. The summed E-state index contributed by atoms with van der Waals surface area (Å²) in [6, 6.07) is 16.4. The lowest BCUT2D eigenvalue weighted by Crippen LogP contribution is -2.22. The zero-order chi connectivity index (χ0) is 21.1. The molecule has 1 aliphatic rings. The topological polar surface area (TPSA) is 84.5 Å². The molecule has 7 nitrogen and oxygen atoms in total. The Hall–Kier alpha value is -3.74. The monoisotopic (exact) mass is 404 g/mol. The van der Waals surface area contributed by atoms with Gasteiger partial charge in [0, 0.05) is 23.5 Å². The van der Waals surface area contributed by atoms with Crippen molar-refractivity contribution in [2.24, 2.45) is 0 Å². The largest absolute Gasteiger partial charge is 0.497 e. The number of fused-ring (bicyclic) bond motifs is 1. The second-order valence-corrected chi connectivity index (χ2v) is 6.95. The number of methoxy groups -OCH3 is 1. The molecule has 1 aliphatic heterocycles. The summed E-state index contributed by atoms with van der Waals surface area (Å²) in [4.78, 5) is 27.1. The van der Waals surface area contributed by atoms with Gasteiger partial charge in [0.2, 0.25) is 0 Å². The molecule has 0 saturated carbocycles. The zero-order valence-corrected chi connectivity index (χ0v) is 16.8. The van der Waals surface area contributed by atoms with E-state index >= 15 is 0 Å². The first kappa shape index (κ1) is 19.6. The summed E-state index contributed by atoms with van der Waals surface area (Å²) in [5, 5.41) is 10.2. The van der Waals surface area contributed by atoms with Gasteiger partial charge in [-0.25, -0.2) is 4.79 Å². The van der Waals surface area contributed by atoms with E-state index in [0.717, 1.165) is 33.3 Å². The van der Waals surface area contributed by atoms with E-state index < -0.39 is 0 Å². The molecule has 1 N–H and O–H groups in total. The minimum Gasteiger partial charge on any atom is -0.497 e. The van der Waals surface area contributed by atoms with Gasteiger partial charge in [0.25, 0.3) is 0 Å². The van der Waals surface area contributed by atoms with Crippen LogP contribution in [0.3, 0.4) is 0 Å². The number of amides is 1. The van der Waals surface area contributed by atoms with Crippen LogP contribution in [0.2, 0.25) is 0 Å². The molecule has 0 aliphatic carbocycles. The molecule has 0 fully saturated rings. The summed E-state index contributed by atoms with van der Waals surface area (Å²) < 4.78 is 6.27. The molecule has 4 rings (SSSR count). The summed E-state index contributed by atoms with van der Waals surface area (Å²) in [5.74, 6) is 0.211. The molecule has 0 radical (unpaired) electrons. The number of pyridine rings is 2. The van der Waals surface area contributed by atoms with Crippen molar-refractivity contribution in [1.82, 2.24) is 9.97 Å². The molecular formula is C23H22N3O4+. The van der Waals surface area contributed by atoms with Crippen LogP contribution in [0, 0.1) is 6.92 Å². The van der Waals surface area contributed by atoms with Crippen molar-refractivity contribution in [2.45, 2.75) is 19.8 Å². The van der Waals surface area contributed by atoms with Crippen molar-refractivity contribution in [2.75, 3.05) is 13.7 Å². The Morgan fingerprint density at radius 3 is 2.57 bits per heavy atom. The van der Waals surface area contributed by atoms with Crippen LogP contribution in [0.5, 0.6) is 5.75 Å². The lowest BCUT2D eigenvalue weighted by Gasteiger charge is -2.07. The molecule has 0 atom stereocenters. The molecular weight excluding hydrogens is 382 g/mol. The second kappa shape index (κ2) is 8.32. The van der Waals surface area contributed by atoms with Crippen LogP contribution < -0.4 is 4.74 Å². The lowest BCUT2D eigenvalue weighted by molar-refractivity contribution is -0.717. The molecule has 1 amide bonds. The minimum absolute atomic E-state index is 0.171. The van der Waals surface area contributed by atoms with Crippen LogP contribution in [0.1, 0.15) is 33.7 Å². The maximum absolute atomic E-state index is 12.3. The van der Waals surface area contributed by atoms with E-state index in [4.69, 9.17) is 9.57 Å². The van der Waals surface area contributed by atoms with Crippen LogP contribution in [0.4, 0.5) is 0 Å². The summed E-state index contributed by atoms with van der Waals surface area (Å²) >= 11 is 0. The number of aliphatic hydroxyl groups excluding tert-OH is 1. The average Bonchev–Trinajstić information content (AvgIpc) is 3.01. The van der Waals surface area contributed by atoms with Gasteiger partial charge in [-0.15, -0.1) is 0 Å². The summed E-state index contributed by atoms with van der Waals surface area (Å²) in [6.45, 7) is 2.18. The Morgan fingerprint density at radius 2 is 1.80 bits per heavy atom. The number of ether oxygens (including phenoxy) is 1. The quantitative estimate of drug-likeness (QED) is 0.479. The van der Waals surface area contributed by atoms with E-state index in [2.05, 4.69) is 9.97 Å². The summed E-state index contributed by atoms with van der Waals surface area (Å²) in [7, 11) is 1.63. The average molecular weight is 404 g/mol. The van der Waals surface area contributed by atoms with Gasteiger partial charge in [-0.05, 0) is 44.0 Å². The number of aromatic nitrogens is 2. The number of aryl methyl sites for hydroxylation is 2. The van der Waals surface area contributed by atoms with Gasteiger partial charge >= 0.3 is 11.8 Å². The Labute approximate surface area is 174 Å². The lowest BCUT2D eigenvalue weighted by atomic mass is 10.1. The number of hydrogen-bond donors (Lipinski definition) is 1. The number of hydrogen-bond acceptors (Lipinski definition) is 5. The highest BCUT2D eigenvalue weighted by atomic mass is 16.7. The van der Waals surface area contributed by atoms with Crippen LogP contribution in [0.25, 0.3) is 11.4 Å². The van der Waals surface area contributed by atoms with Gasteiger partial charge in [0.1, 0.15) is 16.9 Å². The third-order valence-corrected chi connectivity index (χ3v) is 4.80. The molecule has 2 aromatic heterocycles. The van der Waals surface area contributed by atoms with Crippen molar-refractivity contribution < 1.29 is 24.2 Å². The van der Waals surface area contributed by atoms with Crippen molar-refractivity contribution in [3.8, 4) is 17.1 Å². The van der Waals surface area contributed by atoms with Crippen molar-refractivity contribution in [3.63, 3.8) is 0 Å². The molecule has 3 heterocycles. The number of hydroxylamine groups is 1. The summed E-state index contributed by atoms with van der Waals surface area (Å²) in [6.07, 6.45) is 1.29. The van der Waals surface area contributed by atoms with Gasteiger partial charge in [0.15, 0.2) is 6.61 Å². The van der Waals surface area contributed by atoms with E-state index in [1.54, 1.807) is 31.4 Å². The smallest absolute Gasteiger partial charge is 0.471 e. The highest BCUT2D eigenvalue weighted by Gasteiger charge is 2.41. The third kappa shape index (κ3) is 3.87. The van der Waals surface area contributed by atoms with Gasteiger partial charge in [-0.2, -0.15) is 0 Å². The SMILES string of the molecule is COc1cc(C)nc(-c2cccc(CCCO[N+]3=C(O)c4ccccc4C3=O)n2)c1. The Kier molecular flexibility index (Phi) is 5.43.